The van der Waals surface area contributed by atoms with Crippen LogP contribution in [0.2, 0.25) is 0 Å². The maximum Gasteiger partial charge on any atom is 0.262 e. The zero-order chi connectivity index (χ0) is 22.6. The van der Waals surface area contributed by atoms with Crippen molar-refractivity contribution in [1.82, 2.24) is 10.2 Å². The molecule has 3 aliphatic rings. The van der Waals surface area contributed by atoms with Gasteiger partial charge < -0.3 is 10.6 Å². The summed E-state index contributed by atoms with van der Waals surface area (Å²) >= 11 is 0. The molecule has 4 amide bonds. The molecule has 3 heterocycles. The van der Waals surface area contributed by atoms with Crippen LogP contribution in [0.1, 0.15) is 45.0 Å². The topological polar surface area (TPSA) is 113 Å². The maximum absolute atomic E-state index is 13.3. The number of amides is 4. The van der Waals surface area contributed by atoms with Crippen molar-refractivity contribution in [3.8, 4) is 0 Å². The van der Waals surface area contributed by atoms with Gasteiger partial charge in [0.1, 0.15) is 11.9 Å². The third kappa shape index (κ3) is 3.25. The predicted octanol–water partition coefficient (Wildman–Crippen LogP) is 1.16. The first-order valence-electron chi connectivity index (χ1n) is 10.4. The van der Waals surface area contributed by atoms with Gasteiger partial charge in [-0.05, 0) is 42.3 Å². The van der Waals surface area contributed by atoms with E-state index < -0.39 is 29.7 Å². The second-order valence-electron chi connectivity index (χ2n) is 8.40. The van der Waals surface area contributed by atoms with Gasteiger partial charge in [0.2, 0.25) is 11.8 Å². The van der Waals surface area contributed by atoms with Crippen molar-refractivity contribution in [3.63, 3.8) is 0 Å². The number of nitrogens with zero attached hydrogens (tertiary/aromatic N) is 2. The number of fused-ring (bicyclic) bond motifs is 1. The lowest BCUT2D eigenvalue weighted by molar-refractivity contribution is -0.136. The standard InChI is InChI=1S/C23H21FN4O4/c24-13-3-1-12(2-4-13)17-10-27(11-18(17)25)14-5-6-15-16(9-14)23(32)28(22(15)31)19-7-8-20(29)26-21(19)30/h1-6,9,17-19H,7-8,10-11,25H2,(H,26,29,30)/t17-,18+,19?/m0/s1. The van der Waals surface area contributed by atoms with Gasteiger partial charge in [0.25, 0.3) is 11.8 Å². The number of carbonyl (C=O) groups is 4. The Hall–Kier alpha value is -3.59. The predicted molar refractivity (Wildman–Crippen MR) is 112 cm³/mol. The van der Waals surface area contributed by atoms with Gasteiger partial charge in [0, 0.05) is 37.2 Å². The number of imide groups is 2. The highest BCUT2D eigenvalue weighted by molar-refractivity contribution is 6.23. The van der Waals surface area contributed by atoms with Crippen molar-refractivity contribution in [2.24, 2.45) is 5.73 Å². The van der Waals surface area contributed by atoms with Crippen LogP contribution in [0.4, 0.5) is 10.1 Å². The second kappa shape index (κ2) is 7.52. The number of hydrogen-bond acceptors (Lipinski definition) is 6. The molecule has 3 aliphatic heterocycles. The molecule has 0 aromatic heterocycles. The van der Waals surface area contributed by atoms with E-state index >= 15 is 0 Å². The molecule has 0 saturated carbocycles. The van der Waals surface area contributed by atoms with E-state index in [9.17, 15) is 23.6 Å². The molecular weight excluding hydrogens is 415 g/mol. The molecule has 0 spiro atoms. The number of carbonyl (C=O) groups excluding carboxylic acids is 4. The number of hydrogen-bond donors (Lipinski definition) is 2. The Morgan fingerprint density at radius 2 is 1.66 bits per heavy atom. The van der Waals surface area contributed by atoms with E-state index in [0.717, 1.165) is 16.2 Å². The fraction of sp³-hybridized carbons (Fsp3) is 0.304. The highest BCUT2D eigenvalue weighted by Gasteiger charge is 2.45. The fourth-order valence-electron chi connectivity index (χ4n) is 4.76. The first-order valence-corrected chi connectivity index (χ1v) is 10.4. The molecule has 0 aliphatic carbocycles. The summed E-state index contributed by atoms with van der Waals surface area (Å²) in [6.45, 7) is 1.13. The molecule has 32 heavy (non-hydrogen) atoms. The summed E-state index contributed by atoms with van der Waals surface area (Å²) in [6.07, 6.45) is 0.189. The highest BCUT2D eigenvalue weighted by atomic mass is 19.1. The van der Waals surface area contributed by atoms with Gasteiger partial charge in [-0.2, -0.15) is 0 Å². The summed E-state index contributed by atoms with van der Waals surface area (Å²) in [5.41, 5.74) is 8.51. The van der Waals surface area contributed by atoms with Crippen molar-refractivity contribution in [3.05, 3.63) is 65.0 Å². The van der Waals surface area contributed by atoms with E-state index in [0.29, 0.717) is 13.1 Å². The quantitative estimate of drug-likeness (QED) is 0.699. The SMILES string of the molecule is N[C@@H]1CN(c2ccc3c(c2)C(=O)N(C2CCC(=O)NC2=O)C3=O)C[C@H]1c1ccc(F)cc1. The Kier molecular flexibility index (Phi) is 4.78. The first-order chi connectivity index (χ1) is 15.3. The van der Waals surface area contributed by atoms with Crippen LogP contribution >= 0.6 is 0 Å². The third-order valence-corrected chi connectivity index (χ3v) is 6.45. The molecule has 164 valence electrons. The molecule has 2 saturated heterocycles. The van der Waals surface area contributed by atoms with E-state index in [1.807, 2.05) is 4.90 Å². The van der Waals surface area contributed by atoms with Gasteiger partial charge in [-0.15, -0.1) is 0 Å². The van der Waals surface area contributed by atoms with Gasteiger partial charge >= 0.3 is 0 Å². The zero-order valence-corrected chi connectivity index (χ0v) is 17.1. The summed E-state index contributed by atoms with van der Waals surface area (Å²) in [5.74, 6) is -2.43. The number of benzene rings is 2. The van der Waals surface area contributed by atoms with Gasteiger partial charge in [-0.1, -0.05) is 12.1 Å². The lowest BCUT2D eigenvalue weighted by atomic mass is 9.95. The monoisotopic (exact) mass is 436 g/mol. The summed E-state index contributed by atoms with van der Waals surface area (Å²) in [7, 11) is 0. The zero-order valence-electron chi connectivity index (χ0n) is 17.1. The van der Waals surface area contributed by atoms with E-state index in [2.05, 4.69) is 5.32 Å². The van der Waals surface area contributed by atoms with Crippen LogP contribution in [0.15, 0.2) is 42.5 Å². The Morgan fingerprint density at radius 3 is 2.38 bits per heavy atom. The summed E-state index contributed by atoms with van der Waals surface area (Å²) < 4.78 is 13.3. The Balaban J connectivity index is 1.39. The van der Waals surface area contributed by atoms with Gasteiger partial charge in [0.05, 0.1) is 11.1 Å². The Bertz CT molecular complexity index is 1150. The normalized spacial score (nSPS) is 25.4. The third-order valence-electron chi connectivity index (χ3n) is 6.45. The summed E-state index contributed by atoms with van der Waals surface area (Å²) in [5, 5.41) is 2.19. The highest BCUT2D eigenvalue weighted by Crippen LogP contribution is 2.34. The molecule has 8 nitrogen and oxygen atoms in total. The van der Waals surface area contributed by atoms with Crippen LogP contribution in [0.3, 0.4) is 0 Å². The first kappa shape index (κ1) is 20.3. The van der Waals surface area contributed by atoms with Gasteiger partial charge in [0.15, 0.2) is 0 Å². The molecule has 3 atom stereocenters. The van der Waals surface area contributed by atoms with Crippen molar-refractivity contribution in [2.45, 2.75) is 30.8 Å². The number of nitrogens with one attached hydrogen (secondary N) is 1. The molecular formula is C23H21FN4O4. The Labute approximate surface area is 183 Å². The fourth-order valence-corrected chi connectivity index (χ4v) is 4.76. The smallest absolute Gasteiger partial charge is 0.262 e. The minimum absolute atomic E-state index is 0.00107. The van der Waals surface area contributed by atoms with E-state index in [1.165, 1.54) is 12.1 Å². The molecule has 1 unspecified atom stereocenters. The lowest BCUT2D eigenvalue weighted by Crippen LogP contribution is -2.54. The van der Waals surface area contributed by atoms with E-state index in [-0.39, 0.29) is 41.7 Å². The Morgan fingerprint density at radius 1 is 0.938 bits per heavy atom. The molecule has 2 fully saturated rings. The molecule has 2 aromatic rings. The molecule has 0 radical (unpaired) electrons. The van der Waals surface area contributed by atoms with Crippen LogP contribution in [0, 0.1) is 5.82 Å². The lowest BCUT2D eigenvalue weighted by Gasteiger charge is -2.27. The minimum Gasteiger partial charge on any atom is -0.369 e. The van der Waals surface area contributed by atoms with Crippen LogP contribution in [-0.4, -0.2) is 53.7 Å². The van der Waals surface area contributed by atoms with Crippen molar-refractivity contribution in [1.29, 1.82) is 0 Å². The molecule has 5 rings (SSSR count). The number of anilines is 1. The molecule has 0 bridgehead atoms. The minimum atomic E-state index is -0.994. The van der Waals surface area contributed by atoms with E-state index in [4.69, 9.17) is 5.73 Å². The second-order valence-corrected chi connectivity index (χ2v) is 8.40. The maximum atomic E-state index is 13.3. The van der Waals surface area contributed by atoms with Crippen molar-refractivity contribution < 1.29 is 23.6 Å². The largest absolute Gasteiger partial charge is 0.369 e. The number of halogens is 1. The number of rotatable bonds is 3. The summed E-state index contributed by atoms with van der Waals surface area (Å²) in [6, 6.07) is 10.1. The molecule has 3 N–H and O–H groups in total. The van der Waals surface area contributed by atoms with Gasteiger partial charge in [-0.25, -0.2) is 4.39 Å². The van der Waals surface area contributed by atoms with Crippen molar-refractivity contribution in [2.75, 3.05) is 18.0 Å². The summed E-state index contributed by atoms with van der Waals surface area (Å²) in [4.78, 5) is 52.5. The van der Waals surface area contributed by atoms with Gasteiger partial charge in [-0.3, -0.25) is 29.4 Å². The molecule has 9 heteroatoms. The average Bonchev–Trinajstić information content (AvgIpc) is 3.27. The van der Waals surface area contributed by atoms with Crippen LogP contribution in [-0.2, 0) is 9.59 Å². The molecule has 2 aromatic carbocycles. The van der Waals surface area contributed by atoms with Crippen molar-refractivity contribution >= 4 is 29.3 Å². The number of nitrogens with two attached hydrogens (primary N) is 1. The van der Waals surface area contributed by atoms with Crippen LogP contribution in [0.25, 0.3) is 0 Å². The van der Waals surface area contributed by atoms with Crippen LogP contribution < -0.4 is 16.0 Å². The number of piperidine rings is 1. The van der Waals surface area contributed by atoms with Crippen LogP contribution in [0.5, 0.6) is 0 Å². The average molecular weight is 436 g/mol. The van der Waals surface area contributed by atoms with E-state index in [1.54, 1.807) is 30.3 Å².